The minimum Gasteiger partial charge on any atom is -0.388 e. The summed E-state index contributed by atoms with van der Waals surface area (Å²) in [5, 5.41) is 13.2. The standard InChI is InChI=1S/C13H26N2O4/c1-11(12(16)14-6-9-18-3)15(2)10-13(17)4-7-19-8-5-13/h11,17H,4-10H2,1-3H3,(H,14,16). The van der Waals surface area contributed by atoms with Crippen molar-refractivity contribution < 1.29 is 19.4 Å². The Hall–Kier alpha value is -0.690. The number of hydrogen-bond acceptors (Lipinski definition) is 5. The zero-order valence-corrected chi connectivity index (χ0v) is 12.1. The van der Waals surface area contributed by atoms with Gasteiger partial charge < -0.3 is 19.9 Å². The first-order valence-electron chi connectivity index (χ1n) is 6.75. The molecule has 2 N–H and O–H groups in total. The van der Waals surface area contributed by atoms with Gasteiger partial charge in [0.15, 0.2) is 0 Å². The molecule has 1 heterocycles. The average molecular weight is 274 g/mol. The molecular weight excluding hydrogens is 248 g/mol. The van der Waals surface area contributed by atoms with Crippen LogP contribution in [-0.2, 0) is 14.3 Å². The maximum Gasteiger partial charge on any atom is 0.237 e. The van der Waals surface area contributed by atoms with Gasteiger partial charge in [-0.1, -0.05) is 0 Å². The van der Waals surface area contributed by atoms with Crippen molar-refractivity contribution in [2.24, 2.45) is 0 Å². The Morgan fingerprint density at radius 2 is 2.16 bits per heavy atom. The first-order chi connectivity index (χ1) is 8.98. The molecule has 112 valence electrons. The fourth-order valence-electron chi connectivity index (χ4n) is 2.13. The number of nitrogens with zero attached hydrogens (tertiary/aromatic N) is 1. The van der Waals surface area contributed by atoms with E-state index in [9.17, 15) is 9.90 Å². The van der Waals surface area contributed by atoms with Crippen LogP contribution in [0.3, 0.4) is 0 Å². The van der Waals surface area contributed by atoms with Crippen LogP contribution in [0, 0.1) is 0 Å². The third kappa shape index (κ3) is 5.44. The summed E-state index contributed by atoms with van der Waals surface area (Å²) in [4.78, 5) is 13.8. The number of amides is 1. The molecule has 0 aliphatic carbocycles. The predicted molar refractivity (Wildman–Crippen MR) is 72.0 cm³/mol. The summed E-state index contributed by atoms with van der Waals surface area (Å²) >= 11 is 0. The number of nitrogens with one attached hydrogen (secondary N) is 1. The van der Waals surface area contributed by atoms with Crippen molar-refractivity contribution in [1.82, 2.24) is 10.2 Å². The zero-order chi connectivity index (χ0) is 14.3. The van der Waals surface area contributed by atoms with Gasteiger partial charge in [0, 0.05) is 46.3 Å². The van der Waals surface area contributed by atoms with E-state index >= 15 is 0 Å². The Bertz CT molecular complexity index is 280. The lowest BCUT2D eigenvalue weighted by atomic mass is 9.93. The van der Waals surface area contributed by atoms with Crippen LogP contribution < -0.4 is 5.32 Å². The Kier molecular flexibility index (Phi) is 6.71. The van der Waals surface area contributed by atoms with Crippen molar-refractivity contribution in [3.05, 3.63) is 0 Å². The van der Waals surface area contributed by atoms with Crippen LogP contribution >= 0.6 is 0 Å². The molecule has 6 nitrogen and oxygen atoms in total. The van der Waals surface area contributed by atoms with Crippen LogP contribution in [0.2, 0.25) is 0 Å². The number of ether oxygens (including phenoxy) is 2. The van der Waals surface area contributed by atoms with E-state index < -0.39 is 5.60 Å². The molecule has 0 aromatic rings. The smallest absolute Gasteiger partial charge is 0.237 e. The van der Waals surface area contributed by atoms with E-state index in [2.05, 4.69) is 5.32 Å². The van der Waals surface area contributed by atoms with Crippen molar-refractivity contribution in [2.45, 2.75) is 31.4 Å². The monoisotopic (exact) mass is 274 g/mol. The molecule has 1 unspecified atom stereocenters. The van der Waals surface area contributed by atoms with Crippen LogP contribution in [0.15, 0.2) is 0 Å². The molecule has 1 fully saturated rings. The highest BCUT2D eigenvalue weighted by atomic mass is 16.5. The summed E-state index contributed by atoms with van der Waals surface area (Å²) in [6.07, 6.45) is 1.24. The van der Waals surface area contributed by atoms with E-state index in [1.807, 2.05) is 18.9 Å². The van der Waals surface area contributed by atoms with Gasteiger partial charge in [-0.05, 0) is 14.0 Å². The maximum absolute atomic E-state index is 11.9. The highest BCUT2D eigenvalue weighted by Crippen LogP contribution is 2.21. The molecule has 0 spiro atoms. The number of hydrogen-bond donors (Lipinski definition) is 2. The van der Waals surface area contributed by atoms with Crippen LogP contribution in [0.4, 0.5) is 0 Å². The van der Waals surface area contributed by atoms with Gasteiger partial charge in [0.2, 0.25) is 5.91 Å². The molecule has 0 bridgehead atoms. The minimum absolute atomic E-state index is 0.0461. The third-order valence-electron chi connectivity index (χ3n) is 3.61. The van der Waals surface area contributed by atoms with Crippen molar-refractivity contribution in [2.75, 3.05) is 47.1 Å². The van der Waals surface area contributed by atoms with Gasteiger partial charge in [-0.2, -0.15) is 0 Å². The van der Waals surface area contributed by atoms with Crippen molar-refractivity contribution in [1.29, 1.82) is 0 Å². The minimum atomic E-state index is -0.742. The Morgan fingerprint density at radius 1 is 1.53 bits per heavy atom. The topological polar surface area (TPSA) is 71.0 Å². The van der Waals surface area contributed by atoms with Gasteiger partial charge in [0.25, 0.3) is 0 Å². The van der Waals surface area contributed by atoms with Crippen molar-refractivity contribution >= 4 is 5.91 Å². The van der Waals surface area contributed by atoms with Crippen LogP contribution in [0.5, 0.6) is 0 Å². The summed E-state index contributed by atoms with van der Waals surface area (Å²) in [6.45, 7) is 4.49. The molecule has 6 heteroatoms. The van der Waals surface area contributed by atoms with Crippen molar-refractivity contribution in [3.63, 3.8) is 0 Å². The molecule has 0 aromatic carbocycles. The fraction of sp³-hybridized carbons (Fsp3) is 0.923. The van der Waals surface area contributed by atoms with Crippen LogP contribution in [0.25, 0.3) is 0 Å². The summed E-state index contributed by atoms with van der Waals surface area (Å²) < 4.78 is 10.1. The normalized spacial score (nSPS) is 20.3. The van der Waals surface area contributed by atoms with Gasteiger partial charge in [0.1, 0.15) is 0 Å². The second kappa shape index (κ2) is 7.79. The average Bonchev–Trinajstić information content (AvgIpc) is 2.38. The lowest BCUT2D eigenvalue weighted by molar-refractivity contribution is -0.128. The van der Waals surface area contributed by atoms with E-state index in [4.69, 9.17) is 9.47 Å². The highest BCUT2D eigenvalue weighted by molar-refractivity contribution is 5.81. The van der Waals surface area contributed by atoms with E-state index in [0.717, 1.165) is 0 Å². The molecule has 19 heavy (non-hydrogen) atoms. The summed E-state index contributed by atoms with van der Waals surface area (Å²) in [6, 6.07) is -0.274. The lowest BCUT2D eigenvalue weighted by Crippen LogP contribution is -2.52. The molecule has 0 aromatic heterocycles. The quantitative estimate of drug-likeness (QED) is 0.619. The molecule has 1 amide bonds. The molecule has 1 aliphatic rings. The van der Waals surface area contributed by atoms with E-state index in [1.165, 1.54) is 0 Å². The lowest BCUT2D eigenvalue weighted by Gasteiger charge is -2.37. The summed E-state index contributed by atoms with van der Waals surface area (Å²) in [5.74, 6) is -0.0461. The van der Waals surface area contributed by atoms with Gasteiger partial charge >= 0.3 is 0 Å². The molecule has 1 atom stereocenters. The van der Waals surface area contributed by atoms with Crippen LogP contribution in [0.1, 0.15) is 19.8 Å². The molecule has 1 rings (SSSR count). The van der Waals surface area contributed by atoms with Gasteiger partial charge in [0.05, 0.1) is 18.2 Å². The van der Waals surface area contributed by atoms with Crippen LogP contribution in [-0.4, -0.2) is 74.6 Å². The maximum atomic E-state index is 11.9. The molecule has 0 saturated carbocycles. The van der Waals surface area contributed by atoms with Crippen molar-refractivity contribution in [3.8, 4) is 0 Å². The second-order valence-corrected chi connectivity index (χ2v) is 5.21. The molecule has 1 saturated heterocycles. The second-order valence-electron chi connectivity index (χ2n) is 5.21. The van der Waals surface area contributed by atoms with Gasteiger partial charge in [-0.25, -0.2) is 0 Å². The Labute approximate surface area is 115 Å². The highest BCUT2D eigenvalue weighted by Gasteiger charge is 2.33. The zero-order valence-electron chi connectivity index (χ0n) is 12.1. The Morgan fingerprint density at radius 3 is 2.74 bits per heavy atom. The first-order valence-corrected chi connectivity index (χ1v) is 6.75. The number of carbonyl (C=O) groups is 1. The number of rotatable bonds is 7. The predicted octanol–water partition coefficient (Wildman–Crippen LogP) is -0.389. The number of likely N-dealkylation sites (N-methyl/N-ethyl adjacent to an activating group) is 1. The third-order valence-corrected chi connectivity index (χ3v) is 3.61. The largest absolute Gasteiger partial charge is 0.388 e. The molecule has 1 aliphatic heterocycles. The van der Waals surface area contributed by atoms with E-state index in [0.29, 0.717) is 45.8 Å². The van der Waals surface area contributed by atoms with E-state index in [-0.39, 0.29) is 11.9 Å². The number of methoxy groups -OCH3 is 1. The SMILES string of the molecule is COCCNC(=O)C(C)N(C)CC1(O)CCOCC1. The Balaban J connectivity index is 2.38. The van der Waals surface area contributed by atoms with Gasteiger partial charge in [-0.3, -0.25) is 9.69 Å². The van der Waals surface area contributed by atoms with Gasteiger partial charge in [-0.15, -0.1) is 0 Å². The number of carbonyl (C=O) groups excluding carboxylic acids is 1. The first kappa shape index (κ1) is 16.4. The molecular formula is C13H26N2O4. The van der Waals surface area contributed by atoms with E-state index in [1.54, 1.807) is 7.11 Å². The summed E-state index contributed by atoms with van der Waals surface area (Å²) in [5.41, 5.74) is -0.742. The fourth-order valence-corrected chi connectivity index (χ4v) is 2.13. The summed E-state index contributed by atoms with van der Waals surface area (Å²) in [7, 11) is 3.45. The number of aliphatic hydroxyl groups is 1. The molecule has 0 radical (unpaired) electrons.